The predicted molar refractivity (Wildman–Crippen MR) is 110 cm³/mol. The number of rotatable bonds is 6. The van der Waals surface area contributed by atoms with Crippen LogP contribution < -0.4 is 9.04 Å². The van der Waals surface area contributed by atoms with Crippen LogP contribution in [0.3, 0.4) is 0 Å². The van der Waals surface area contributed by atoms with E-state index in [1.54, 1.807) is 30.3 Å². The Morgan fingerprint density at radius 1 is 0.931 bits per heavy atom. The molecule has 0 aliphatic carbocycles. The number of hydrogen-bond acceptors (Lipinski definition) is 4. The van der Waals surface area contributed by atoms with Crippen molar-refractivity contribution in [3.63, 3.8) is 0 Å². The number of benzene rings is 3. The van der Waals surface area contributed by atoms with Gasteiger partial charge in [0.25, 0.3) is 10.0 Å². The van der Waals surface area contributed by atoms with Crippen molar-refractivity contribution in [2.45, 2.75) is 4.90 Å². The van der Waals surface area contributed by atoms with E-state index >= 15 is 0 Å². The maximum atomic E-state index is 12.9. The van der Waals surface area contributed by atoms with Crippen molar-refractivity contribution in [3.8, 4) is 5.75 Å². The molecule has 0 unspecified atom stereocenters. The van der Waals surface area contributed by atoms with E-state index in [0.717, 1.165) is 4.31 Å². The number of anilines is 1. The Hall–Kier alpha value is -3.45. The zero-order valence-electron chi connectivity index (χ0n) is 15.5. The maximum absolute atomic E-state index is 12.9. The fourth-order valence-corrected chi connectivity index (χ4v) is 3.72. The lowest BCUT2D eigenvalue weighted by atomic mass is 10.2. The van der Waals surface area contributed by atoms with Crippen LogP contribution in [0, 0.1) is 5.82 Å². The van der Waals surface area contributed by atoms with Gasteiger partial charge in [-0.05, 0) is 60.2 Å². The summed E-state index contributed by atoms with van der Waals surface area (Å²) in [6.07, 6.45) is 2.74. The molecular formula is C22H18FNO4S. The Kier molecular flexibility index (Phi) is 6.09. The summed E-state index contributed by atoms with van der Waals surface area (Å²) in [7, 11) is -2.23. The summed E-state index contributed by atoms with van der Waals surface area (Å²) in [6.45, 7) is 0. The molecule has 0 fully saturated rings. The van der Waals surface area contributed by atoms with Crippen LogP contribution >= 0.6 is 0 Å². The molecule has 7 heteroatoms. The summed E-state index contributed by atoms with van der Waals surface area (Å²) in [5.74, 6) is -0.690. The monoisotopic (exact) mass is 411 g/mol. The van der Waals surface area contributed by atoms with Crippen LogP contribution in [0.2, 0.25) is 0 Å². The first kappa shape index (κ1) is 20.3. The van der Waals surface area contributed by atoms with Crippen LogP contribution in [0.4, 0.5) is 10.1 Å². The number of sulfonamides is 1. The second-order valence-corrected chi connectivity index (χ2v) is 8.05. The fraction of sp³-hybridized carbons (Fsp3) is 0.0455. The van der Waals surface area contributed by atoms with E-state index in [2.05, 4.69) is 0 Å². The third-order valence-electron chi connectivity index (χ3n) is 4.10. The molecule has 0 aromatic heterocycles. The van der Waals surface area contributed by atoms with Crippen LogP contribution in [-0.2, 0) is 14.8 Å². The van der Waals surface area contributed by atoms with E-state index in [4.69, 9.17) is 4.74 Å². The first-order valence-corrected chi connectivity index (χ1v) is 10.1. The van der Waals surface area contributed by atoms with Gasteiger partial charge in [0, 0.05) is 13.1 Å². The topological polar surface area (TPSA) is 63.7 Å². The fourth-order valence-electron chi connectivity index (χ4n) is 2.50. The molecule has 0 N–H and O–H groups in total. The molecule has 0 bridgehead atoms. The van der Waals surface area contributed by atoms with Crippen LogP contribution in [0.1, 0.15) is 5.56 Å². The van der Waals surface area contributed by atoms with Crippen LogP contribution in [0.15, 0.2) is 89.8 Å². The third-order valence-corrected chi connectivity index (χ3v) is 5.90. The number of ether oxygens (including phenoxy) is 1. The van der Waals surface area contributed by atoms with E-state index in [1.165, 1.54) is 67.7 Å². The lowest BCUT2D eigenvalue weighted by Crippen LogP contribution is -2.26. The van der Waals surface area contributed by atoms with Gasteiger partial charge in [0.05, 0.1) is 10.6 Å². The number of halogens is 1. The highest BCUT2D eigenvalue weighted by Gasteiger charge is 2.20. The highest BCUT2D eigenvalue weighted by Crippen LogP contribution is 2.24. The van der Waals surface area contributed by atoms with E-state index in [1.807, 2.05) is 0 Å². The summed E-state index contributed by atoms with van der Waals surface area (Å²) in [6, 6.07) is 19.9. The van der Waals surface area contributed by atoms with Gasteiger partial charge < -0.3 is 4.74 Å². The number of carbonyl (C=O) groups is 1. The minimum absolute atomic E-state index is 0.184. The zero-order valence-corrected chi connectivity index (χ0v) is 16.3. The number of carbonyl (C=O) groups excluding carboxylic acids is 1. The minimum Gasteiger partial charge on any atom is -0.423 e. The molecule has 0 aliphatic rings. The van der Waals surface area contributed by atoms with Gasteiger partial charge in [-0.25, -0.2) is 17.6 Å². The average molecular weight is 411 g/mol. The number of hydrogen-bond donors (Lipinski definition) is 0. The molecule has 0 radical (unpaired) electrons. The second kappa shape index (κ2) is 8.70. The standard InChI is InChI=1S/C22H18FNO4S/c1-24(29(26,27)21-5-3-2-4-6-21)19-12-14-20(15-13-19)28-22(25)16-9-17-7-10-18(23)11-8-17/h2-16H,1H3/b16-9+. The molecule has 0 aliphatic heterocycles. The molecule has 0 saturated carbocycles. The Bertz CT molecular complexity index is 1110. The summed E-state index contributed by atoms with van der Waals surface area (Å²) in [5.41, 5.74) is 1.09. The second-order valence-electron chi connectivity index (χ2n) is 6.09. The molecule has 3 aromatic rings. The summed E-state index contributed by atoms with van der Waals surface area (Å²) in [4.78, 5) is 12.1. The molecule has 3 rings (SSSR count). The molecule has 3 aromatic carbocycles. The maximum Gasteiger partial charge on any atom is 0.336 e. The normalized spacial score (nSPS) is 11.4. The number of esters is 1. The Labute approximate surface area is 168 Å². The molecule has 0 saturated heterocycles. The predicted octanol–water partition coefficient (Wildman–Crippen LogP) is 4.27. The van der Waals surface area contributed by atoms with Crippen molar-refractivity contribution in [1.82, 2.24) is 0 Å². The molecule has 0 amide bonds. The quantitative estimate of drug-likeness (QED) is 0.345. The molecule has 0 heterocycles. The van der Waals surface area contributed by atoms with Crippen LogP contribution in [0.25, 0.3) is 6.08 Å². The first-order chi connectivity index (χ1) is 13.9. The van der Waals surface area contributed by atoms with E-state index in [9.17, 15) is 17.6 Å². The molecule has 0 spiro atoms. The van der Waals surface area contributed by atoms with Crippen molar-refractivity contribution in [1.29, 1.82) is 0 Å². The summed E-state index contributed by atoms with van der Waals surface area (Å²) >= 11 is 0. The van der Waals surface area contributed by atoms with Crippen molar-refractivity contribution >= 4 is 27.8 Å². The van der Waals surface area contributed by atoms with Crippen molar-refractivity contribution in [2.24, 2.45) is 0 Å². The Morgan fingerprint density at radius 2 is 1.55 bits per heavy atom. The number of nitrogens with zero attached hydrogens (tertiary/aromatic N) is 1. The van der Waals surface area contributed by atoms with Gasteiger partial charge in [-0.1, -0.05) is 30.3 Å². The zero-order chi connectivity index (χ0) is 20.9. The lowest BCUT2D eigenvalue weighted by Gasteiger charge is -2.19. The SMILES string of the molecule is CN(c1ccc(OC(=O)/C=C/c2ccc(F)cc2)cc1)S(=O)(=O)c1ccccc1. The summed E-state index contributed by atoms with van der Waals surface area (Å²) in [5, 5.41) is 0. The Morgan fingerprint density at radius 3 is 2.17 bits per heavy atom. The van der Waals surface area contributed by atoms with E-state index in [0.29, 0.717) is 11.3 Å². The van der Waals surface area contributed by atoms with E-state index < -0.39 is 16.0 Å². The van der Waals surface area contributed by atoms with Gasteiger partial charge >= 0.3 is 5.97 Å². The van der Waals surface area contributed by atoms with Gasteiger partial charge in [-0.2, -0.15) is 0 Å². The highest BCUT2D eigenvalue weighted by molar-refractivity contribution is 7.92. The van der Waals surface area contributed by atoms with Crippen molar-refractivity contribution < 1.29 is 22.3 Å². The van der Waals surface area contributed by atoms with Crippen molar-refractivity contribution in [3.05, 3.63) is 96.3 Å². The van der Waals surface area contributed by atoms with Crippen LogP contribution in [0.5, 0.6) is 5.75 Å². The Balaban J connectivity index is 1.66. The van der Waals surface area contributed by atoms with Gasteiger partial charge in [0.2, 0.25) is 0 Å². The smallest absolute Gasteiger partial charge is 0.336 e. The lowest BCUT2D eigenvalue weighted by molar-refractivity contribution is -0.128. The molecule has 5 nitrogen and oxygen atoms in total. The third kappa shape index (κ3) is 5.08. The van der Waals surface area contributed by atoms with E-state index in [-0.39, 0.29) is 16.5 Å². The van der Waals surface area contributed by atoms with Gasteiger partial charge in [-0.15, -0.1) is 0 Å². The van der Waals surface area contributed by atoms with Gasteiger partial charge in [0.1, 0.15) is 11.6 Å². The molecular weight excluding hydrogens is 393 g/mol. The van der Waals surface area contributed by atoms with Crippen LogP contribution in [-0.4, -0.2) is 21.4 Å². The first-order valence-electron chi connectivity index (χ1n) is 8.66. The molecule has 29 heavy (non-hydrogen) atoms. The minimum atomic E-state index is -3.68. The largest absolute Gasteiger partial charge is 0.423 e. The average Bonchev–Trinajstić information content (AvgIpc) is 2.74. The van der Waals surface area contributed by atoms with Gasteiger partial charge in [0.15, 0.2) is 0 Å². The molecule has 148 valence electrons. The molecule has 0 atom stereocenters. The highest BCUT2D eigenvalue weighted by atomic mass is 32.2. The van der Waals surface area contributed by atoms with Crippen molar-refractivity contribution in [2.75, 3.05) is 11.4 Å². The van der Waals surface area contributed by atoms with Gasteiger partial charge in [-0.3, -0.25) is 4.31 Å². The summed E-state index contributed by atoms with van der Waals surface area (Å²) < 4.78 is 44.5.